The van der Waals surface area contributed by atoms with E-state index in [1.54, 1.807) is 13.0 Å². The highest BCUT2D eigenvalue weighted by atomic mass is 79.9. The number of nitrogens with zero attached hydrogens (tertiary/aromatic N) is 1. The molecule has 110 valence electrons. The molecule has 5 nitrogen and oxygen atoms in total. The average Bonchev–Trinajstić information content (AvgIpc) is 2.40. The Kier molecular flexibility index (Phi) is 6.01. The van der Waals surface area contributed by atoms with Gasteiger partial charge in [0.25, 0.3) is 0 Å². The van der Waals surface area contributed by atoms with Gasteiger partial charge in [0.1, 0.15) is 6.04 Å². The number of benzene rings is 1. The summed E-state index contributed by atoms with van der Waals surface area (Å²) in [4.78, 5) is 24.4. The number of hydrogen-bond donors (Lipinski definition) is 2. The van der Waals surface area contributed by atoms with Gasteiger partial charge in [-0.2, -0.15) is 0 Å². The van der Waals surface area contributed by atoms with Crippen molar-refractivity contribution in [1.29, 1.82) is 0 Å². The second kappa shape index (κ2) is 7.28. The summed E-state index contributed by atoms with van der Waals surface area (Å²) in [6, 6.07) is 4.33. The van der Waals surface area contributed by atoms with Crippen molar-refractivity contribution in [2.24, 2.45) is 0 Å². The average molecular weight is 343 g/mol. The van der Waals surface area contributed by atoms with E-state index in [0.29, 0.717) is 12.1 Å². The number of anilines is 1. The van der Waals surface area contributed by atoms with Crippen molar-refractivity contribution in [3.63, 3.8) is 0 Å². The van der Waals surface area contributed by atoms with Crippen molar-refractivity contribution in [2.75, 3.05) is 12.4 Å². The highest BCUT2D eigenvalue weighted by Gasteiger charge is 2.24. The summed E-state index contributed by atoms with van der Waals surface area (Å²) in [6.07, 6.45) is 1.13. The number of aryl methyl sites for hydroxylation is 1. The molecule has 1 atom stereocenters. The first-order valence-corrected chi connectivity index (χ1v) is 7.25. The number of amides is 2. The zero-order valence-electron chi connectivity index (χ0n) is 11.8. The molecule has 20 heavy (non-hydrogen) atoms. The van der Waals surface area contributed by atoms with Crippen LogP contribution in [0.25, 0.3) is 0 Å². The fraction of sp³-hybridized carbons (Fsp3) is 0.429. The maximum atomic E-state index is 12.1. The minimum absolute atomic E-state index is 0.361. The number of carboxylic acid groups (broad SMARTS) is 1. The van der Waals surface area contributed by atoms with Crippen molar-refractivity contribution < 1.29 is 14.7 Å². The smallest absolute Gasteiger partial charge is 0.326 e. The number of carbonyl (C=O) groups excluding carboxylic acids is 1. The Balaban J connectivity index is 2.87. The molecule has 0 aliphatic carbocycles. The first-order valence-electron chi connectivity index (χ1n) is 6.45. The molecule has 0 heterocycles. The summed E-state index contributed by atoms with van der Waals surface area (Å²) >= 11 is 3.38. The third kappa shape index (κ3) is 3.96. The van der Waals surface area contributed by atoms with E-state index < -0.39 is 18.0 Å². The van der Waals surface area contributed by atoms with Gasteiger partial charge in [-0.15, -0.1) is 0 Å². The molecule has 0 aliphatic rings. The molecule has 1 aromatic rings. The second-order valence-corrected chi connectivity index (χ2v) is 5.37. The summed E-state index contributed by atoms with van der Waals surface area (Å²) in [7, 11) is 1.49. The lowest BCUT2D eigenvalue weighted by Crippen LogP contribution is -2.44. The number of nitrogens with one attached hydrogen (secondary N) is 1. The van der Waals surface area contributed by atoms with Gasteiger partial charge in [0, 0.05) is 17.2 Å². The van der Waals surface area contributed by atoms with Crippen molar-refractivity contribution >= 4 is 33.6 Å². The number of aliphatic carboxylic acids is 1. The van der Waals surface area contributed by atoms with Gasteiger partial charge in [-0.3, -0.25) is 0 Å². The van der Waals surface area contributed by atoms with E-state index in [2.05, 4.69) is 21.2 Å². The van der Waals surface area contributed by atoms with Crippen LogP contribution < -0.4 is 5.32 Å². The summed E-state index contributed by atoms with van der Waals surface area (Å²) in [6.45, 7) is 3.73. The van der Waals surface area contributed by atoms with Crippen LogP contribution in [-0.2, 0) is 11.2 Å². The Hall–Kier alpha value is -1.56. The van der Waals surface area contributed by atoms with Crippen LogP contribution in [0.1, 0.15) is 25.8 Å². The molecule has 0 radical (unpaired) electrons. The van der Waals surface area contributed by atoms with Gasteiger partial charge in [-0.05, 0) is 36.6 Å². The molecule has 0 saturated heterocycles. The topological polar surface area (TPSA) is 69.6 Å². The molecule has 2 amide bonds. The van der Waals surface area contributed by atoms with Gasteiger partial charge in [0.2, 0.25) is 0 Å². The van der Waals surface area contributed by atoms with E-state index in [1.165, 1.54) is 11.9 Å². The molecule has 1 rings (SSSR count). The zero-order chi connectivity index (χ0) is 15.3. The number of hydrogen-bond acceptors (Lipinski definition) is 2. The van der Waals surface area contributed by atoms with Crippen LogP contribution in [0.3, 0.4) is 0 Å². The predicted molar refractivity (Wildman–Crippen MR) is 82.0 cm³/mol. The Bertz CT molecular complexity index is 505. The minimum Gasteiger partial charge on any atom is -0.480 e. The quantitative estimate of drug-likeness (QED) is 0.862. The van der Waals surface area contributed by atoms with Gasteiger partial charge < -0.3 is 15.3 Å². The first kappa shape index (κ1) is 16.5. The number of likely N-dealkylation sites (N-methyl/N-ethyl adjacent to an activating group) is 1. The number of carbonyl (C=O) groups is 2. The Labute approximate surface area is 127 Å². The first-order chi connectivity index (χ1) is 9.40. The zero-order valence-corrected chi connectivity index (χ0v) is 13.4. The minimum atomic E-state index is -1.00. The van der Waals surface area contributed by atoms with Gasteiger partial charge in [-0.1, -0.05) is 29.8 Å². The Morgan fingerprint density at radius 3 is 2.55 bits per heavy atom. The highest BCUT2D eigenvalue weighted by molar-refractivity contribution is 9.10. The Morgan fingerprint density at radius 1 is 1.40 bits per heavy atom. The molecule has 0 fully saturated rings. The van der Waals surface area contributed by atoms with E-state index in [0.717, 1.165) is 16.5 Å². The van der Waals surface area contributed by atoms with Gasteiger partial charge in [0.15, 0.2) is 0 Å². The van der Waals surface area contributed by atoms with Crippen LogP contribution in [0.4, 0.5) is 10.5 Å². The highest BCUT2D eigenvalue weighted by Crippen LogP contribution is 2.22. The number of carboxylic acids is 1. The van der Waals surface area contributed by atoms with Crippen molar-refractivity contribution in [2.45, 2.75) is 32.7 Å². The summed E-state index contributed by atoms with van der Waals surface area (Å²) in [5.41, 5.74) is 1.69. The van der Waals surface area contributed by atoms with Crippen LogP contribution >= 0.6 is 15.9 Å². The Morgan fingerprint density at radius 2 is 2.05 bits per heavy atom. The van der Waals surface area contributed by atoms with Crippen molar-refractivity contribution in [1.82, 2.24) is 4.90 Å². The van der Waals surface area contributed by atoms with Crippen molar-refractivity contribution in [3.8, 4) is 0 Å². The van der Waals surface area contributed by atoms with Crippen LogP contribution in [0.15, 0.2) is 22.7 Å². The van der Waals surface area contributed by atoms with Gasteiger partial charge in [0.05, 0.1) is 0 Å². The van der Waals surface area contributed by atoms with Crippen molar-refractivity contribution in [3.05, 3.63) is 28.2 Å². The largest absolute Gasteiger partial charge is 0.480 e. The van der Waals surface area contributed by atoms with E-state index in [1.807, 2.05) is 19.1 Å². The van der Waals surface area contributed by atoms with Crippen LogP contribution in [0, 0.1) is 0 Å². The monoisotopic (exact) mass is 342 g/mol. The molecule has 0 spiro atoms. The number of rotatable bonds is 5. The summed E-state index contributed by atoms with van der Waals surface area (Å²) in [5.74, 6) is -1.00. The predicted octanol–water partition coefficient (Wildman–Crippen LogP) is 3.34. The third-order valence-electron chi connectivity index (χ3n) is 3.15. The molecular weight excluding hydrogens is 324 g/mol. The van der Waals surface area contributed by atoms with E-state index in [9.17, 15) is 9.59 Å². The van der Waals surface area contributed by atoms with E-state index in [4.69, 9.17) is 5.11 Å². The normalized spacial score (nSPS) is 11.8. The summed E-state index contributed by atoms with van der Waals surface area (Å²) < 4.78 is 0.942. The van der Waals surface area contributed by atoms with Crippen LogP contribution in [-0.4, -0.2) is 35.1 Å². The van der Waals surface area contributed by atoms with E-state index in [-0.39, 0.29) is 0 Å². The third-order valence-corrected chi connectivity index (χ3v) is 3.64. The molecule has 1 unspecified atom stereocenters. The number of urea groups is 1. The standard InChI is InChI=1S/C14H19BrN2O3/c1-4-9-8-10(15)6-7-11(9)16-14(20)17(3)12(5-2)13(18)19/h6-8,12H,4-5H2,1-3H3,(H,16,20)(H,18,19). The molecule has 0 aliphatic heterocycles. The molecule has 0 saturated carbocycles. The lowest BCUT2D eigenvalue weighted by atomic mass is 10.1. The van der Waals surface area contributed by atoms with E-state index >= 15 is 0 Å². The maximum absolute atomic E-state index is 12.1. The molecule has 0 bridgehead atoms. The lowest BCUT2D eigenvalue weighted by Gasteiger charge is -2.24. The van der Waals surface area contributed by atoms with Gasteiger partial charge in [-0.25, -0.2) is 9.59 Å². The second-order valence-electron chi connectivity index (χ2n) is 4.46. The molecular formula is C14H19BrN2O3. The van der Waals surface area contributed by atoms with Crippen LogP contribution in [0.5, 0.6) is 0 Å². The maximum Gasteiger partial charge on any atom is 0.326 e. The summed E-state index contributed by atoms with van der Waals surface area (Å²) in [5, 5.41) is 11.8. The molecule has 0 aromatic heterocycles. The fourth-order valence-electron chi connectivity index (χ4n) is 1.94. The SMILES string of the molecule is CCc1cc(Br)ccc1NC(=O)N(C)C(CC)C(=O)O. The molecule has 2 N–H and O–H groups in total. The van der Waals surface area contributed by atoms with Gasteiger partial charge >= 0.3 is 12.0 Å². The molecule has 6 heteroatoms. The number of halogens is 1. The fourth-order valence-corrected chi connectivity index (χ4v) is 2.34. The van der Waals surface area contributed by atoms with Crippen LogP contribution in [0.2, 0.25) is 0 Å². The molecule has 1 aromatic carbocycles. The lowest BCUT2D eigenvalue weighted by molar-refractivity contribution is -0.141.